The van der Waals surface area contributed by atoms with Gasteiger partial charge < -0.3 is 19.9 Å². The number of piperidine rings is 1. The maximum Gasteiger partial charge on any atom is 0.228 e. The second-order valence-corrected chi connectivity index (χ2v) is 7.00. The van der Waals surface area contributed by atoms with Crippen molar-refractivity contribution in [1.82, 2.24) is 14.9 Å². The number of anilines is 1. The Hall–Kier alpha value is -2.83. The Morgan fingerprint density at radius 2 is 2.08 bits per heavy atom. The third-order valence-electron chi connectivity index (χ3n) is 5.33. The van der Waals surface area contributed by atoms with Gasteiger partial charge in [0, 0.05) is 56.1 Å². The van der Waals surface area contributed by atoms with Gasteiger partial charge in [-0.05, 0) is 25.0 Å². The summed E-state index contributed by atoms with van der Waals surface area (Å²) in [6.07, 6.45) is 5.58. The second kappa shape index (κ2) is 6.82. The van der Waals surface area contributed by atoms with Crippen LogP contribution >= 0.6 is 0 Å². The van der Waals surface area contributed by atoms with Gasteiger partial charge in [-0.3, -0.25) is 9.59 Å². The molecule has 1 aromatic carbocycles. The van der Waals surface area contributed by atoms with Gasteiger partial charge in [-0.15, -0.1) is 0 Å². The summed E-state index contributed by atoms with van der Waals surface area (Å²) in [5, 5.41) is 9.62. The summed E-state index contributed by atoms with van der Waals surface area (Å²) >= 11 is 0. The number of phenolic OH excluding ortho intramolecular Hbond substituents is 1. The van der Waals surface area contributed by atoms with E-state index < -0.39 is 0 Å². The van der Waals surface area contributed by atoms with Crippen molar-refractivity contribution >= 4 is 17.5 Å². The Labute approximate surface area is 151 Å². The summed E-state index contributed by atoms with van der Waals surface area (Å²) in [5.41, 5.74) is 0.641. The standard InChI is InChI=1S/C19H22N4O3/c24-16-3-1-2-15(11-16)23-12-14(10-17(23)25)19(26)22-8-4-13(5-9-22)18-20-6-7-21-18/h1-3,6-7,11,13-14,24H,4-5,8-10,12H2,(H,20,21)/t14-/m1/s1. The summed E-state index contributed by atoms with van der Waals surface area (Å²) in [4.78, 5) is 36.2. The van der Waals surface area contributed by atoms with Gasteiger partial charge in [0.2, 0.25) is 11.8 Å². The number of nitrogens with one attached hydrogen (secondary N) is 1. The number of hydrogen-bond donors (Lipinski definition) is 2. The van der Waals surface area contributed by atoms with Crippen LogP contribution < -0.4 is 4.90 Å². The van der Waals surface area contributed by atoms with Crippen molar-refractivity contribution < 1.29 is 14.7 Å². The molecule has 0 radical (unpaired) electrons. The Kier molecular flexibility index (Phi) is 4.36. The van der Waals surface area contributed by atoms with Crippen molar-refractivity contribution in [2.24, 2.45) is 5.92 Å². The monoisotopic (exact) mass is 354 g/mol. The number of aromatic hydroxyl groups is 1. The number of carbonyl (C=O) groups is 2. The maximum atomic E-state index is 12.9. The minimum atomic E-state index is -0.315. The van der Waals surface area contributed by atoms with Crippen LogP contribution in [0.15, 0.2) is 36.7 Å². The summed E-state index contributed by atoms with van der Waals surface area (Å²) < 4.78 is 0. The molecule has 0 spiro atoms. The number of phenols is 1. The number of aromatic amines is 1. The Bertz CT molecular complexity index is 797. The molecule has 0 bridgehead atoms. The van der Waals surface area contributed by atoms with E-state index in [2.05, 4.69) is 9.97 Å². The minimum absolute atomic E-state index is 0.0545. The quantitative estimate of drug-likeness (QED) is 0.881. The molecule has 1 aromatic heterocycles. The van der Waals surface area contributed by atoms with Crippen molar-refractivity contribution in [1.29, 1.82) is 0 Å². The molecular weight excluding hydrogens is 332 g/mol. The molecule has 2 fully saturated rings. The number of amides is 2. The van der Waals surface area contributed by atoms with Crippen LogP contribution in [0.4, 0.5) is 5.69 Å². The average Bonchev–Trinajstić information content (AvgIpc) is 3.31. The second-order valence-electron chi connectivity index (χ2n) is 7.00. The largest absolute Gasteiger partial charge is 0.508 e. The lowest BCUT2D eigenvalue weighted by Crippen LogP contribution is -2.42. The fourth-order valence-electron chi connectivity index (χ4n) is 3.92. The Morgan fingerprint density at radius 3 is 2.77 bits per heavy atom. The number of nitrogens with zero attached hydrogens (tertiary/aromatic N) is 3. The third-order valence-corrected chi connectivity index (χ3v) is 5.33. The zero-order valence-corrected chi connectivity index (χ0v) is 14.5. The number of rotatable bonds is 3. The van der Waals surface area contributed by atoms with Crippen LogP contribution in [0.25, 0.3) is 0 Å². The van der Waals surface area contributed by atoms with Crippen LogP contribution in [0.2, 0.25) is 0 Å². The molecule has 2 N–H and O–H groups in total. The summed E-state index contributed by atoms with van der Waals surface area (Å²) in [6, 6.07) is 6.60. The molecule has 2 amide bonds. The molecule has 3 heterocycles. The number of carbonyl (C=O) groups excluding carboxylic acids is 2. The lowest BCUT2D eigenvalue weighted by molar-refractivity contribution is -0.136. The van der Waals surface area contributed by atoms with Gasteiger partial charge in [-0.25, -0.2) is 4.98 Å². The molecule has 136 valence electrons. The first-order valence-corrected chi connectivity index (χ1v) is 8.99. The first-order valence-electron chi connectivity index (χ1n) is 8.99. The molecule has 0 unspecified atom stereocenters. The SMILES string of the molecule is O=C([C@@H]1CC(=O)N(c2cccc(O)c2)C1)N1CCC(c2ncc[nH]2)CC1. The molecule has 2 aromatic rings. The molecule has 0 saturated carbocycles. The minimum Gasteiger partial charge on any atom is -0.508 e. The zero-order valence-electron chi connectivity index (χ0n) is 14.5. The van der Waals surface area contributed by atoms with Gasteiger partial charge >= 0.3 is 0 Å². The topological polar surface area (TPSA) is 89.5 Å². The number of imidazole rings is 1. The van der Waals surface area contributed by atoms with E-state index in [4.69, 9.17) is 0 Å². The van der Waals surface area contributed by atoms with E-state index in [9.17, 15) is 14.7 Å². The smallest absolute Gasteiger partial charge is 0.228 e. The molecule has 2 aliphatic heterocycles. The number of H-pyrrole nitrogens is 1. The van der Waals surface area contributed by atoms with Gasteiger partial charge in [0.05, 0.1) is 5.92 Å². The van der Waals surface area contributed by atoms with Gasteiger partial charge in [-0.2, -0.15) is 0 Å². The third kappa shape index (κ3) is 3.16. The maximum absolute atomic E-state index is 12.9. The number of likely N-dealkylation sites (tertiary alicyclic amines) is 1. The van der Waals surface area contributed by atoms with Crippen LogP contribution in [-0.2, 0) is 9.59 Å². The highest BCUT2D eigenvalue weighted by Crippen LogP contribution is 2.31. The van der Waals surface area contributed by atoms with Crippen molar-refractivity contribution in [3.05, 3.63) is 42.5 Å². The van der Waals surface area contributed by atoms with Crippen molar-refractivity contribution in [3.63, 3.8) is 0 Å². The molecule has 2 aliphatic rings. The van der Waals surface area contributed by atoms with E-state index in [-0.39, 0.29) is 29.9 Å². The molecular formula is C19H22N4O3. The van der Waals surface area contributed by atoms with Gasteiger partial charge in [0.15, 0.2) is 0 Å². The van der Waals surface area contributed by atoms with Crippen LogP contribution in [0.5, 0.6) is 5.75 Å². The van der Waals surface area contributed by atoms with E-state index in [1.54, 1.807) is 35.4 Å². The van der Waals surface area contributed by atoms with E-state index in [0.29, 0.717) is 31.2 Å². The highest BCUT2D eigenvalue weighted by molar-refractivity contribution is 6.00. The predicted molar refractivity (Wildman–Crippen MR) is 95.7 cm³/mol. The summed E-state index contributed by atoms with van der Waals surface area (Å²) in [6.45, 7) is 1.77. The molecule has 7 nitrogen and oxygen atoms in total. The van der Waals surface area contributed by atoms with E-state index in [0.717, 1.165) is 18.7 Å². The normalized spacial score (nSPS) is 21.4. The van der Waals surface area contributed by atoms with Crippen LogP contribution in [0.1, 0.15) is 31.0 Å². The molecule has 7 heteroatoms. The number of aromatic nitrogens is 2. The molecule has 2 saturated heterocycles. The van der Waals surface area contributed by atoms with Crippen LogP contribution in [-0.4, -0.2) is 51.4 Å². The predicted octanol–water partition coefficient (Wildman–Crippen LogP) is 1.87. The number of hydrogen-bond acceptors (Lipinski definition) is 4. The van der Waals surface area contributed by atoms with Crippen LogP contribution in [0.3, 0.4) is 0 Å². The fraction of sp³-hybridized carbons (Fsp3) is 0.421. The van der Waals surface area contributed by atoms with Gasteiger partial charge in [0.25, 0.3) is 0 Å². The van der Waals surface area contributed by atoms with Crippen molar-refractivity contribution in [2.75, 3.05) is 24.5 Å². The fourth-order valence-corrected chi connectivity index (χ4v) is 3.92. The summed E-state index contributed by atoms with van der Waals surface area (Å²) in [5.74, 6) is 1.14. The summed E-state index contributed by atoms with van der Waals surface area (Å²) in [7, 11) is 0. The average molecular weight is 354 g/mol. The highest BCUT2D eigenvalue weighted by Gasteiger charge is 2.38. The highest BCUT2D eigenvalue weighted by atomic mass is 16.3. The lowest BCUT2D eigenvalue weighted by atomic mass is 9.95. The van der Waals surface area contributed by atoms with Gasteiger partial charge in [0.1, 0.15) is 11.6 Å². The molecule has 26 heavy (non-hydrogen) atoms. The molecule has 0 aliphatic carbocycles. The Balaban J connectivity index is 1.38. The van der Waals surface area contributed by atoms with E-state index >= 15 is 0 Å². The molecule has 1 atom stereocenters. The Morgan fingerprint density at radius 1 is 1.27 bits per heavy atom. The zero-order chi connectivity index (χ0) is 18.1. The van der Waals surface area contributed by atoms with Crippen molar-refractivity contribution in [3.8, 4) is 5.75 Å². The first-order chi connectivity index (χ1) is 12.6. The molecule has 4 rings (SSSR count). The van der Waals surface area contributed by atoms with Crippen molar-refractivity contribution in [2.45, 2.75) is 25.2 Å². The van der Waals surface area contributed by atoms with Crippen LogP contribution in [0, 0.1) is 5.92 Å². The lowest BCUT2D eigenvalue weighted by Gasteiger charge is -2.32. The number of benzene rings is 1. The van der Waals surface area contributed by atoms with E-state index in [1.807, 2.05) is 11.1 Å². The first kappa shape index (κ1) is 16.6. The van der Waals surface area contributed by atoms with Gasteiger partial charge in [-0.1, -0.05) is 6.07 Å². The van der Waals surface area contributed by atoms with E-state index in [1.165, 1.54) is 0 Å².